The lowest BCUT2D eigenvalue weighted by Crippen LogP contribution is -2.51. The molecule has 1 aliphatic rings. The second-order valence-electron chi connectivity index (χ2n) is 6.16. The van der Waals surface area contributed by atoms with Crippen LogP contribution in [0, 0.1) is 5.41 Å². The fraction of sp³-hybridized carbons (Fsp3) is 0.571. The summed E-state index contributed by atoms with van der Waals surface area (Å²) in [6.07, 6.45) is -5.84. The van der Waals surface area contributed by atoms with Gasteiger partial charge in [-0.1, -0.05) is 32.0 Å². The zero-order valence-electron chi connectivity index (χ0n) is 12.3. The van der Waals surface area contributed by atoms with Gasteiger partial charge in [-0.15, -0.1) is 13.2 Å². The molecule has 2 rings (SSSR count). The van der Waals surface area contributed by atoms with E-state index in [1.54, 1.807) is 32.0 Å². The van der Waals surface area contributed by atoms with Crippen molar-refractivity contribution in [2.75, 3.05) is 13.1 Å². The van der Waals surface area contributed by atoms with Crippen LogP contribution < -0.4 is 0 Å². The molecule has 0 bridgehead atoms. The smallest absolute Gasteiger partial charge is 0.287 e. The Morgan fingerprint density at radius 3 is 2.36 bits per heavy atom. The monoisotopic (exact) mass is 337 g/mol. The highest BCUT2D eigenvalue weighted by Crippen LogP contribution is 2.35. The lowest BCUT2D eigenvalue weighted by molar-refractivity contribution is -0.347. The lowest BCUT2D eigenvalue weighted by Gasteiger charge is -2.41. The van der Waals surface area contributed by atoms with Crippen molar-refractivity contribution in [2.24, 2.45) is 5.41 Å². The van der Waals surface area contributed by atoms with Crippen LogP contribution in [-0.2, 0) is 14.8 Å². The lowest BCUT2D eigenvalue weighted by atomic mass is 9.84. The molecule has 1 unspecified atom stereocenters. The first-order valence-electron chi connectivity index (χ1n) is 6.79. The number of benzene rings is 1. The van der Waals surface area contributed by atoms with E-state index in [1.165, 1.54) is 12.1 Å². The predicted molar refractivity (Wildman–Crippen MR) is 74.5 cm³/mol. The van der Waals surface area contributed by atoms with E-state index in [0.29, 0.717) is 0 Å². The highest BCUT2D eigenvalue weighted by molar-refractivity contribution is 7.89. The zero-order chi connectivity index (χ0) is 16.6. The van der Waals surface area contributed by atoms with Crippen LogP contribution in [0.15, 0.2) is 35.2 Å². The molecule has 1 heterocycles. The first-order chi connectivity index (χ1) is 10.00. The summed E-state index contributed by atoms with van der Waals surface area (Å²) in [5.41, 5.74) is -0.601. The van der Waals surface area contributed by atoms with Crippen molar-refractivity contribution in [1.29, 1.82) is 0 Å². The number of sulfonamides is 1. The molecule has 1 saturated heterocycles. The van der Waals surface area contributed by atoms with Gasteiger partial charge in [0.05, 0.1) is 11.0 Å². The van der Waals surface area contributed by atoms with E-state index in [4.69, 9.17) is 0 Å². The Morgan fingerprint density at radius 1 is 1.23 bits per heavy atom. The summed E-state index contributed by atoms with van der Waals surface area (Å²) in [5, 5.41) is 0. The molecular formula is C14H18F3NO3S. The number of nitrogens with zero attached hydrogens (tertiary/aromatic N) is 1. The second kappa shape index (κ2) is 5.82. The fourth-order valence-electron chi connectivity index (χ4n) is 2.71. The number of alkyl halides is 3. The van der Waals surface area contributed by atoms with Crippen molar-refractivity contribution in [3.05, 3.63) is 30.3 Å². The number of hydrogen-bond acceptors (Lipinski definition) is 3. The van der Waals surface area contributed by atoms with Crippen molar-refractivity contribution in [2.45, 2.75) is 37.6 Å². The number of hydrogen-bond donors (Lipinski definition) is 0. The average molecular weight is 337 g/mol. The van der Waals surface area contributed by atoms with Gasteiger partial charge in [0.2, 0.25) is 10.0 Å². The maximum absolute atomic E-state index is 12.6. The highest BCUT2D eigenvalue weighted by Gasteiger charge is 2.43. The van der Waals surface area contributed by atoms with E-state index in [2.05, 4.69) is 4.74 Å². The van der Waals surface area contributed by atoms with Crippen LogP contribution in [0.1, 0.15) is 20.3 Å². The SMILES string of the molecule is CC1(C)CC(OC(F)(F)F)CN(S(=O)(=O)c2ccccc2)C1. The normalized spacial score (nSPS) is 23.4. The molecule has 0 aliphatic carbocycles. The minimum Gasteiger partial charge on any atom is -0.287 e. The van der Waals surface area contributed by atoms with Gasteiger partial charge in [-0.05, 0) is 24.0 Å². The Bertz CT molecular complexity index is 612. The van der Waals surface area contributed by atoms with E-state index in [-0.39, 0.29) is 24.4 Å². The van der Waals surface area contributed by atoms with Gasteiger partial charge in [0.1, 0.15) is 0 Å². The maximum atomic E-state index is 12.6. The van der Waals surface area contributed by atoms with Gasteiger partial charge in [-0.25, -0.2) is 8.42 Å². The Labute approximate surface area is 127 Å². The van der Waals surface area contributed by atoms with E-state index >= 15 is 0 Å². The van der Waals surface area contributed by atoms with E-state index in [1.807, 2.05) is 0 Å². The van der Waals surface area contributed by atoms with Gasteiger partial charge in [-0.2, -0.15) is 4.31 Å². The van der Waals surface area contributed by atoms with Crippen molar-refractivity contribution in [3.63, 3.8) is 0 Å². The Balaban J connectivity index is 2.26. The third-order valence-corrected chi connectivity index (χ3v) is 5.30. The Hall–Kier alpha value is -1.12. The van der Waals surface area contributed by atoms with Crippen LogP contribution in [-0.4, -0.2) is 38.3 Å². The van der Waals surface area contributed by atoms with Crippen molar-refractivity contribution < 1.29 is 26.3 Å². The molecule has 1 aromatic carbocycles. The Morgan fingerprint density at radius 2 is 1.82 bits per heavy atom. The summed E-state index contributed by atoms with van der Waals surface area (Å²) < 4.78 is 67.6. The summed E-state index contributed by atoms with van der Waals surface area (Å²) in [7, 11) is -3.84. The molecule has 1 fully saturated rings. The van der Waals surface area contributed by atoms with Gasteiger partial charge < -0.3 is 0 Å². The number of ether oxygens (including phenoxy) is 1. The minimum atomic E-state index is -4.78. The van der Waals surface area contributed by atoms with Crippen LogP contribution in [0.2, 0.25) is 0 Å². The molecule has 0 N–H and O–H groups in total. The molecule has 0 amide bonds. The summed E-state index contributed by atoms with van der Waals surface area (Å²) in [5.74, 6) is 0. The van der Waals surface area contributed by atoms with Crippen LogP contribution in [0.3, 0.4) is 0 Å². The van der Waals surface area contributed by atoms with Gasteiger partial charge in [0.15, 0.2) is 0 Å². The highest BCUT2D eigenvalue weighted by atomic mass is 32.2. The second-order valence-corrected chi connectivity index (χ2v) is 8.10. The summed E-state index contributed by atoms with van der Waals surface area (Å²) in [6.45, 7) is 3.31. The number of halogens is 3. The van der Waals surface area contributed by atoms with Gasteiger partial charge in [-0.3, -0.25) is 4.74 Å². The summed E-state index contributed by atoms with van der Waals surface area (Å²) in [6, 6.07) is 7.68. The van der Waals surface area contributed by atoms with E-state index in [0.717, 1.165) is 4.31 Å². The molecule has 1 aromatic rings. The largest absolute Gasteiger partial charge is 0.522 e. The minimum absolute atomic E-state index is 0.0680. The standard InChI is InChI=1S/C14H18F3NO3S/c1-13(2)8-11(21-14(15,16)17)9-18(10-13)22(19,20)12-6-4-3-5-7-12/h3-7,11H,8-10H2,1-2H3. The summed E-state index contributed by atoms with van der Waals surface area (Å²) in [4.78, 5) is 0.0680. The predicted octanol–water partition coefficient (Wildman–Crippen LogP) is 3.01. The molecule has 8 heteroatoms. The average Bonchev–Trinajstić information content (AvgIpc) is 2.35. The molecular weight excluding hydrogens is 319 g/mol. The molecule has 0 saturated carbocycles. The molecule has 0 radical (unpaired) electrons. The number of piperidine rings is 1. The van der Waals surface area contributed by atoms with Crippen LogP contribution in [0.5, 0.6) is 0 Å². The molecule has 0 spiro atoms. The van der Waals surface area contributed by atoms with Crippen LogP contribution in [0.4, 0.5) is 13.2 Å². The van der Waals surface area contributed by atoms with E-state index < -0.39 is 27.9 Å². The van der Waals surface area contributed by atoms with Gasteiger partial charge >= 0.3 is 6.36 Å². The van der Waals surface area contributed by atoms with Crippen LogP contribution >= 0.6 is 0 Å². The quantitative estimate of drug-likeness (QED) is 0.852. The number of rotatable bonds is 3. The third kappa shape index (κ3) is 4.21. The molecule has 1 atom stereocenters. The van der Waals surface area contributed by atoms with Crippen LogP contribution in [0.25, 0.3) is 0 Å². The third-order valence-electron chi connectivity index (χ3n) is 3.47. The molecule has 22 heavy (non-hydrogen) atoms. The molecule has 4 nitrogen and oxygen atoms in total. The summed E-state index contributed by atoms with van der Waals surface area (Å²) >= 11 is 0. The first-order valence-corrected chi connectivity index (χ1v) is 8.23. The first kappa shape index (κ1) is 17.2. The van der Waals surface area contributed by atoms with E-state index in [9.17, 15) is 21.6 Å². The molecule has 1 aliphatic heterocycles. The topological polar surface area (TPSA) is 46.6 Å². The van der Waals surface area contributed by atoms with Crippen molar-refractivity contribution in [3.8, 4) is 0 Å². The molecule has 124 valence electrons. The zero-order valence-corrected chi connectivity index (χ0v) is 13.1. The Kier molecular flexibility index (Phi) is 4.56. The van der Waals surface area contributed by atoms with Gasteiger partial charge in [0.25, 0.3) is 0 Å². The van der Waals surface area contributed by atoms with Gasteiger partial charge in [0, 0.05) is 13.1 Å². The fourth-order valence-corrected chi connectivity index (χ4v) is 4.39. The maximum Gasteiger partial charge on any atom is 0.522 e. The van der Waals surface area contributed by atoms with Crippen molar-refractivity contribution >= 4 is 10.0 Å². The molecule has 0 aromatic heterocycles. The van der Waals surface area contributed by atoms with Crippen molar-refractivity contribution in [1.82, 2.24) is 4.31 Å².